The molecular formula is C24H26N4O3. The maximum Gasteiger partial charge on any atom is 0.253 e. The summed E-state index contributed by atoms with van der Waals surface area (Å²) in [4.78, 5) is 32.6. The first-order valence-corrected chi connectivity index (χ1v) is 10.9. The van der Waals surface area contributed by atoms with Gasteiger partial charge in [-0.25, -0.2) is 4.98 Å². The third-order valence-electron chi connectivity index (χ3n) is 6.12. The van der Waals surface area contributed by atoms with Gasteiger partial charge in [-0.3, -0.25) is 19.1 Å². The van der Waals surface area contributed by atoms with Crippen LogP contribution in [0.1, 0.15) is 37.8 Å². The number of fused-ring (bicyclic) bond motifs is 3. The summed E-state index contributed by atoms with van der Waals surface area (Å²) in [6.07, 6.45) is 2.96. The molecule has 1 saturated heterocycles. The molecule has 2 aromatic carbocycles. The number of carbonyl (C=O) groups excluding carboxylic acids is 2. The van der Waals surface area contributed by atoms with Crippen molar-refractivity contribution in [2.24, 2.45) is 0 Å². The first kappa shape index (κ1) is 19.8. The number of aryl methyl sites for hydroxylation is 1. The van der Waals surface area contributed by atoms with Crippen LogP contribution in [0.4, 0.5) is 11.6 Å². The third kappa shape index (κ3) is 3.70. The fraction of sp³-hybridized carbons (Fsp3) is 0.375. The van der Waals surface area contributed by atoms with Gasteiger partial charge in [0.05, 0.1) is 30.1 Å². The Hall–Kier alpha value is -3.19. The fourth-order valence-corrected chi connectivity index (χ4v) is 4.47. The van der Waals surface area contributed by atoms with Crippen molar-refractivity contribution < 1.29 is 14.3 Å². The van der Waals surface area contributed by atoms with Gasteiger partial charge in [0.25, 0.3) is 5.91 Å². The number of nitrogens with zero attached hydrogens (tertiary/aromatic N) is 3. The third-order valence-corrected chi connectivity index (χ3v) is 6.12. The van der Waals surface area contributed by atoms with Crippen molar-refractivity contribution in [1.82, 2.24) is 9.55 Å². The molecule has 2 amide bonds. The normalized spacial score (nSPS) is 20.4. The molecule has 0 saturated carbocycles. The van der Waals surface area contributed by atoms with Gasteiger partial charge < -0.3 is 10.1 Å². The smallest absolute Gasteiger partial charge is 0.253 e. The summed E-state index contributed by atoms with van der Waals surface area (Å²) >= 11 is 0. The standard InChI is InChI=1S/C24H26N4O3/c1-2-16-9-11-17(12-10-16)25-22(29)14-21-23(30)27(15-18-6-5-13-31-18)24-26-19-7-3-4-8-20(19)28(21)24/h3-4,7-12,18,21H,2,5-6,13-15H2,1H3,(H,25,29)/t18-,21+/m0/s1. The molecule has 0 unspecified atom stereocenters. The van der Waals surface area contributed by atoms with Crippen LogP contribution in [0.25, 0.3) is 11.0 Å². The minimum atomic E-state index is -0.612. The van der Waals surface area contributed by atoms with E-state index in [9.17, 15) is 9.59 Å². The van der Waals surface area contributed by atoms with Crippen molar-refractivity contribution >= 4 is 34.5 Å². The number of ether oxygens (including phenoxy) is 1. The molecule has 1 aromatic heterocycles. The molecule has 1 N–H and O–H groups in total. The average Bonchev–Trinajstić information content (AvgIpc) is 3.48. The zero-order chi connectivity index (χ0) is 21.4. The molecule has 2 aliphatic rings. The van der Waals surface area contributed by atoms with Crippen molar-refractivity contribution in [1.29, 1.82) is 0 Å². The summed E-state index contributed by atoms with van der Waals surface area (Å²) in [6.45, 7) is 3.29. The monoisotopic (exact) mass is 418 g/mol. The Labute approximate surface area is 181 Å². The predicted octanol–water partition coefficient (Wildman–Crippen LogP) is 3.69. The number of anilines is 2. The van der Waals surface area contributed by atoms with E-state index >= 15 is 0 Å². The number of aromatic nitrogens is 2. The van der Waals surface area contributed by atoms with Gasteiger partial charge in [-0.05, 0) is 49.1 Å². The minimum absolute atomic E-state index is 0.0156. The van der Waals surface area contributed by atoms with E-state index in [1.165, 1.54) is 5.56 Å². The predicted molar refractivity (Wildman–Crippen MR) is 119 cm³/mol. The van der Waals surface area contributed by atoms with Gasteiger partial charge in [-0.2, -0.15) is 0 Å². The summed E-state index contributed by atoms with van der Waals surface area (Å²) in [5.41, 5.74) is 3.64. The highest BCUT2D eigenvalue weighted by molar-refractivity contribution is 6.05. The van der Waals surface area contributed by atoms with E-state index in [2.05, 4.69) is 12.2 Å². The zero-order valence-electron chi connectivity index (χ0n) is 17.6. The number of rotatable bonds is 6. The van der Waals surface area contributed by atoms with Gasteiger partial charge in [0.15, 0.2) is 0 Å². The van der Waals surface area contributed by atoms with Gasteiger partial charge in [-0.15, -0.1) is 0 Å². The summed E-state index contributed by atoms with van der Waals surface area (Å²) < 4.78 is 7.67. The Bertz CT molecular complexity index is 1120. The van der Waals surface area contributed by atoms with Crippen molar-refractivity contribution in [3.63, 3.8) is 0 Å². The summed E-state index contributed by atoms with van der Waals surface area (Å²) in [5.74, 6) is 0.317. The minimum Gasteiger partial charge on any atom is -0.376 e. The lowest BCUT2D eigenvalue weighted by atomic mass is 10.1. The number of imidazole rings is 1. The van der Waals surface area contributed by atoms with Crippen LogP contribution in [0.3, 0.4) is 0 Å². The van der Waals surface area contributed by atoms with Crippen molar-refractivity contribution in [2.45, 2.75) is 44.8 Å². The number of benzene rings is 2. The molecule has 160 valence electrons. The summed E-state index contributed by atoms with van der Waals surface area (Å²) in [5, 5.41) is 2.93. The molecule has 3 aromatic rings. The number of carbonyl (C=O) groups is 2. The molecule has 7 heteroatoms. The highest BCUT2D eigenvalue weighted by Gasteiger charge is 2.42. The zero-order valence-corrected chi connectivity index (χ0v) is 17.6. The first-order valence-electron chi connectivity index (χ1n) is 10.9. The summed E-state index contributed by atoms with van der Waals surface area (Å²) in [6, 6.07) is 14.9. The Kier molecular flexibility index (Phi) is 5.19. The highest BCUT2D eigenvalue weighted by atomic mass is 16.5. The van der Waals surface area contributed by atoms with Gasteiger partial charge in [0, 0.05) is 12.3 Å². The van der Waals surface area contributed by atoms with E-state index in [1.54, 1.807) is 4.90 Å². The van der Waals surface area contributed by atoms with E-state index in [0.29, 0.717) is 12.5 Å². The number of amides is 2. The van der Waals surface area contributed by atoms with Crippen LogP contribution < -0.4 is 10.2 Å². The number of para-hydroxylation sites is 2. The van der Waals surface area contributed by atoms with Crippen LogP contribution in [0.2, 0.25) is 0 Å². The molecule has 5 rings (SSSR count). The number of hydrogen-bond acceptors (Lipinski definition) is 4. The molecule has 1 fully saturated rings. The van der Waals surface area contributed by atoms with Crippen molar-refractivity contribution in [2.75, 3.05) is 23.4 Å². The molecule has 0 spiro atoms. The molecule has 0 aliphatic carbocycles. The van der Waals surface area contributed by atoms with Gasteiger partial charge in [0.2, 0.25) is 11.9 Å². The topological polar surface area (TPSA) is 76.5 Å². The Morgan fingerprint density at radius 1 is 1.19 bits per heavy atom. The van der Waals surface area contributed by atoms with E-state index in [0.717, 1.165) is 42.6 Å². The maximum atomic E-state index is 13.4. The van der Waals surface area contributed by atoms with E-state index in [1.807, 2.05) is 53.1 Å². The molecule has 2 aliphatic heterocycles. The van der Waals surface area contributed by atoms with Gasteiger partial charge >= 0.3 is 0 Å². The van der Waals surface area contributed by atoms with Crippen molar-refractivity contribution in [3.05, 3.63) is 54.1 Å². The van der Waals surface area contributed by atoms with E-state index in [4.69, 9.17) is 9.72 Å². The lowest BCUT2D eigenvalue weighted by Gasteiger charge is -2.19. The first-order chi connectivity index (χ1) is 15.1. The molecule has 7 nitrogen and oxygen atoms in total. The molecular weight excluding hydrogens is 392 g/mol. The molecule has 0 bridgehead atoms. The van der Waals surface area contributed by atoms with Crippen LogP contribution in [-0.4, -0.2) is 40.6 Å². The molecule has 3 heterocycles. The largest absolute Gasteiger partial charge is 0.376 e. The highest BCUT2D eigenvalue weighted by Crippen LogP contribution is 2.37. The fourth-order valence-electron chi connectivity index (χ4n) is 4.47. The lowest BCUT2D eigenvalue weighted by molar-refractivity contribution is -0.124. The van der Waals surface area contributed by atoms with Crippen LogP contribution in [0.5, 0.6) is 0 Å². The van der Waals surface area contributed by atoms with Crippen LogP contribution in [0, 0.1) is 0 Å². The maximum absolute atomic E-state index is 13.4. The van der Waals surface area contributed by atoms with Crippen molar-refractivity contribution in [3.8, 4) is 0 Å². The average molecular weight is 418 g/mol. The Morgan fingerprint density at radius 3 is 2.74 bits per heavy atom. The van der Waals surface area contributed by atoms with Crippen LogP contribution >= 0.6 is 0 Å². The van der Waals surface area contributed by atoms with Crippen LogP contribution in [0.15, 0.2) is 48.5 Å². The van der Waals surface area contributed by atoms with Gasteiger partial charge in [-0.1, -0.05) is 31.2 Å². The SMILES string of the molecule is CCc1ccc(NC(=O)C[C@@H]2C(=O)N(C[C@@H]3CCCO3)c3nc4ccccc4n32)cc1. The number of nitrogens with one attached hydrogen (secondary N) is 1. The molecule has 0 radical (unpaired) electrons. The Balaban J connectivity index is 1.41. The molecule has 31 heavy (non-hydrogen) atoms. The second-order valence-electron chi connectivity index (χ2n) is 8.17. The summed E-state index contributed by atoms with van der Waals surface area (Å²) in [7, 11) is 0. The number of hydrogen-bond donors (Lipinski definition) is 1. The second kappa shape index (κ2) is 8.15. The molecule has 2 atom stereocenters. The lowest BCUT2D eigenvalue weighted by Crippen LogP contribution is -2.37. The Morgan fingerprint density at radius 2 is 2.00 bits per heavy atom. The second-order valence-corrected chi connectivity index (χ2v) is 8.17. The van der Waals surface area contributed by atoms with E-state index in [-0.39, 0.29) is 24.3 Å². The van der Waals surface area contributed by atoms with E-state index < -0.39 is 6.04 Å². The van der Waals surface area contributed by atoms with Crippen LogP contribution in [-0.2, 0) is 20.7 Å². The van der Waals surface area contributed by atoms with Gasteiger partial charge in [0.1, 0.15) is 6.04 Å². The quantitative estimate of drug-likeness (QED) is 0.662.